The lowest BCUT2D eigenvalue weighted by molar-refractivity contribution is -0.142. The number of aryl methyl sites for hydroxylation is 1. The van der Waals surface area contributed by atoms with E-state index in [1.54, 1.807) is 31.2 Å². The second-order valence-electron chi connectivity index (χ2n) is 6.67. The van der Waals surface area contributed by atoms with E-state index in [1.165, 1.54) is 0 Å². The summed E-state index contributed by atoms with van der Waals surface area (Å²) in [5, 5.41) is 14.5. The molecular weight excluding hydrogens is 332 g/mol. The third-order valence-electron chi connectivity index (χ3n) is 3.94. The Labute approximate surface area is 154 Å². The average molecular weight is 360 g/mol. The van der Waals surface area contributed by atoms with Gasteiger partial charge < -0.3 is 15.7 Å². The molecule has 142 valence electrons. The number of amides is 2. The first-order valence-electron chi connectivity index (χ1n) is 8.77. The zero-order valence-corrected chi connectivity index (χ0v) is 15.8. The van der Waals surface area contributed by atoms with Crippen LogP contribution < -0.4 is 10.6 Å². The Morgan fingerprint density at radius 3 is 2.31 bits per heavy atom. The molecule has 0 aliphatic rings. The molecule has 0 radical (unpaired) electrons. The van der Waals surface area contributed by atoms with Crippen molar-refractivity contribution in [2.75, 3.05) is 0 Å². The van der Waals surface area contributed by atoms with Crippen LogP contribution in [0.25, 0.3) is 0 Å². The smallest absolute Gasteiger partial charge is 0.326 e. The normalized spacial score (nSPS) is 13.4. The van der Waals surface area contributed by atoms with E-state index in [9.17, 15) is 19.5 Å². The summed E-state index contributed by atoms with van der Waals surface area (Å²) in [5.74, 6) is -1.78. The fraction of sp³-hybridized carbons (Fsp3) is 0.450. The number of carboxylic acid groups (broad SMARTS) is 1. The van der Waals surface area contributed by atoms with Crippen LogP contribution in [0.4, 0.5) is 0 Å². The predicted octanol–water partition coefficient (Wildman–Crippen LogP) is 2.68. The Morgan fingerprint density at radius 2 is 1.77 bits per heavy atom. The fourth-order valence-corrected chi connectivity index (χ4v) is 2.53. The van der Waals surface area contributed by atoms with E-state index < -0.39 is 24.0 Å². The van der Waals surface area contributed by atoms with Gasteiger partial charge in [0.05, 0.1) is 0 Å². The number of aliphatic carboxylic acids is 1. The van der Waals surface area contributed by atoms with Crippen molar-refractivity contribution in [2.24, 2.45) is 5.92 Å². The lowest BCUT2D eigenvalue weighted by atomic mass is 10.0. The summed E-state index contributed by atoms with van der Waals surface area (Å²) in [4.78, 5) is 36.5. The predicted molar refractivity (Wildman–Crippen MR) is 101 cm³/mol. The van der Waals surface area contributed by atoms with Gasteiger partial charge in [0, 0.05) is 5.56 Å². The monoisotopic (exact) mass is 360 g/mol. The highest BCUT2D eigenvalue weighted by molar-refractivity contribution is 5.99. The summed E-state index contributed by atoms with van der Waals surface area (Å²) in [6.07, 6.45) is 4.02. The number of carbonyl (C=O) groups is 3. The first kappa shape index (κ1) is 21.4. The minimum atomic E-state index is -1.11. The first-order chi connectivity index (χ1) is 12.3. The van der Waals surface area contributed by atoms with E-state index in [0.29, 0.717) is 12.0 Å². The Hall–Kier alpha value is -2.63. The van der Waals surface area contributed by atoms with E-state index in [-0.39, 0.29) is 18.2 Å². The third-order valence-corrected chi connectivity index (χ3v) is 3.94. The highest BCUT2D eigenvalue weighted by atomic mass is 16.4. The van der Waals surface area contributed by atoms with Crippen LogP contribution in [-0.2, 0) is 9.59 Å². The van der Waals surface area contributed by atoms with Crippen molar-refractivity contribution in [1.82, 2.24) is 10.6 Å². The molecule has 0 saturated heterocycles. The summed E-state index contributed by atoms with van der Waals surface area (Å²) in [6.45, 7) is 7.48. The minimum absolute atomic E-state index is 0.154. The van der Waals surface area contributed by atoms with Crippen molar-refractivity contribution in [1.29, 1.82) is 0 Å². The van der Waals surface area contributed by atoms with Gasteiger partial charge in [-0.05, 0) is 44.2 Å². The number of hydrogen-bond donors (Lipinski definition) is 3. The number of benzene rings is 1. The van der Waals surface area contributed by atoms with Gasteiger partial charge in [-0.15, -0.1) is 0 Å². The third kappa shape index (κ3) is 6.70. The largest absolute Gasteiger partial charge is 0.480 e. The van der Waals surface area contributed by atoms with Crippen LogP contribution in [0.3, 0.4) is 0 Å². The van der Waals surface area contributed by atoms with Crippen LogP contribution in [0.1, 0.15) is 49.5 Å². The van der Waals surface area contributed by atoms with Gasteiger partial charge in [-0.25, -0.2) is 4.79 Å². The van der Waals surface area contributed by atoms with Gasteiger partial charge >= 0.3 is 5.97 Å². The fourth-order valence-electron chi connectivity index (χ4n) is 2.53. The van der Waals surface area contributed by atoms with Crippen LogP contribution in [0.5, 0.6) is 0 Å². The van der Waals surface area contributed by atoms with Crippen LogP contribution in [0, 0.1) is 12.8 Å². The maximum atomic E-state index is 12.6. The molecule has 2 atom stereocenters. The van der Waals surface area contributed by atoms with Crippen molar-refractivity contribution in [3.05, 3.63) is 47.5 Å². The van der Waals surface area contributed by atoms with Gasteiger partial charge in [0.25, 0.3) is 5.91 Å². The van der Waals surface area contributed by atoms with Gasteiger partial charge in [0.1, 0.15) is 12.1 Å². The van der Waals surface area contributed by atoms with Crippen LogP contribution in [-0.4, -0.2) is 35.0 Å². The number of carbonyl (C=O) groups excluding carboxylic acids is 2. The minimum Gasteiger partial charge on any atom is -0.480 e. The number of carboxylic acids is 1. The zero-order chi connectivity index (χ0) is 19.7. The topological polar surface area (TPSA) is 95.5 Å². The highest BCUT2D eigenvalue weighted by Crippen LogP contribution is 2.10. The molecule has 2 amide bonds. The molecule has 0 bridgehead atoms. The van der Waals surface area contributed by atoms with Gasteiger partial charge in [0.15, 0.2) is 0 Å². The Bertz CT molecular complexity index is 668. The molecule has 0 aromatic heterocycles. The van der Waals surface area contributed by atoms with E-state index in [4.69, 9.17) is 0 Å². The molecule has 0 saturated carbocycles. The van der Waals surface area contributed by atoms with Crippen molar-refractivity contribution in [2.45, 2.75) is 52.6 Å². The van der Waals surface area contributed by atoms with E-state index >= 15 is 0 Å². The number of nitrogens with one attached hydrogen (secondary N) is 2. The van der Waals surface area contributed by atoms with Crippen LogP contribution in [0.15, 0.2) is 36.4 Å². The maximum Gasteiger partial charge on any atom is 0.326 e. The molecule has 1 aromatic carbocycles. The quantitative estimate of drug-likeness (QED) is 0.590. The number of rotatable bonds is 9. The standard InChI is InChI=1S/C20H28N2O4/c1-5-6-11-16(20(25)26)21-19(24)17(12-13(2)3)22-18(23)15-10-8-7-9-14(15)4/h5-10,13,16-17H,11-12H2,1-4H3,(H,21,24)(H,22,23)(H,25,26)/b6-5+. The molecule has 2 unspecified atom stereocenters. The van der Waals surface area contributed by atoms with Gasteiger partial charge in [-0.3, -0.25) is 9.59 Å². The molecular formula is C20H28N2O4. The van der Waals surface area contributed by atoms with Crippen molar-refractivity contribution < 1.29 is 19.5 Å². The molecule has 0 fully saturated rings. The summed E-state index contributed by atoms with van der Waals surface area (Å²) in [5.41, 5.74) is 1.31. The molecule has 0 aliphatic carbocycles. The molecule has 1 aromatic rings. The first-order valence-corrected chi connectivity index (χ1v) is 8.77. The molecule has 1 rings (SSSR count). The van der Waals surface area contributed by atoms with Crippen LogP contribution in [0.2, 0.25) is 0 Å². The molecule has 3 N–H and O–H groups in total. The molecule has 0 aliphatic heterocycles. The second kappa shape index (κ2) is 10.4. The van der Waals surface area contributed by atoms with Gasteiger partial charge in [-0.2, -0.15) is 0 Å². The maximum absolute atomic E-state index is 12.6. The lowest BCUT2D eigenvalue weighted by Crippen LogP contribution is -2.52. The number of allylic oxidation sites excluding steroid dienone is 1. The SMILES string of the molecule is C/C=C/CC(NC(=O)C(CC(C)C)NC(=O)c1ccccc1C)C(=O)O. The van der Waals surface area contributed by atoms with Crippen LogP contribution >= 0.6 is 0 Å². The van der Waals surface area contributed by atoms with Gasteiger partial charge in [-0.1, -0.05) is 44.2 Å². The van der Waals surface area contributed by atoms with Crippen molar-refractivity contribution >= 4 is 17.8 Å². The Kier molecular flexibility index (Phi) is 8.55. The lowest BCUT2D eigenvalue weighted by Gasteiger charge is -2.22. The van der Waals surface area contributed by atoms with E-state index in [2.05, 4.69) is 10.6 Å². The average Bonchev–Trinajstić information content (AvgIpc) is 2.57. The van der Waals surface area contributed by atoms with E-state index in [1.807, 2.05) is 32.9 Å². The molecule has 0 spiro atoms. The van der Waals surface area contributed by atoms with Crippen molar-refractivity contribution in [3.8, 4) is 0 Å². The Morgan fingerprint density at radius 1 is 1.12 bits per heavy atom. The summed E-state index contributed by atoms with van der Waals surface area (Å²) >= 11 is 0. The zero-order valence-electron chi connectivity index (χ0n) is 15.8. The molecule has 0 heterocycles. The molecule has 26 heavy (non-hydrogen) atoms. The summed E-state index contributed by atoms with van der Waals surface area (Å²) in [6, 6.07) is 5.30. The highest BCUT2D eigenvalue weighted by Gasteiger charge is 2.27. The number of hydrogen-bond acceptors (Lipinski definition) is 3. The van der Waals surface area contributed by atoms with Crippen molar-refractivity contribution in [3.63, 3.8) is 0 Å². The summed E-state index contributed by atoms with van der Waals surface area (Å²) in [7, 11) is 0. The summed E-state index contributed by atoms with van der Waals surface area (Å²) < 4.78 is 0. The van der Waals surface area contributed by atoms with Gasteiger partial charge in [0.2, 0.25) is 5.91 Å². The Balaban J connectivity index is 2.91. The molecule has 6 heteroatoms. The second-order valence-corrected chi connectivity index (χ2v) is 6.67. The van der Waals surface area contributed by atoms with E-state index in [0.717, 1.165) is 5.56 Å². The molecule has 6 nitrogen and oxygen atoms in total.